The number of carbonyl (C=O) groups excluding carboxylic acids is 1. The van der Waals surface area contributed by atoms with Crippen LogP contribution < -0.4 is 5.32 Å². The van der Waals surface area contributed by atoms with Gasteiger partial charge in [0.2, 0.25) is 5.91 Å². The maximum atomic E-state index is 12.6. The quantitative estimate of drug-likeness (QED) is 0.916. The van der Waals surface area contributed by atoms with Gasteiger partial charge >= 0.3 is 0 Å². The standard InChI is InChI=1S/C16H26N4OS/c1-13-18-15(12-22-13)11-19-7-2-8-20(10-9-19)16(21)14-3-5-17-6-4-14/h12,14,17H,2-11H2,1H3. The highest BCUT2D eigenvalue weighted by molar-refractivity contribution is 7.09. The van der Waals surface area contributed by atoms with Gasteiger partial charge in [0.1, 0.15) is 0 Å². The van der Waals surface area contributed by atoms with E-state index in [0.29, 0.717) is 5.91 Å². The highest BCUT2D eigenvalue weighted by atomic mass is 32.1. The average molecular weight is 322 g/mol. The summed E-state index contributed by atoms with van der Waals surface area (Å²) in [5, 5.41) is 6.62. The Labute approximate surface area is 136 Å². The molecule has 3 rings (SSSR count). The van der Waals surface area contributed by atoms with Crippen molar-refractivity contribution in [2.45, 2.75) is 32.7 Å². The minimum Gasteiger partial charge on any atom is -0.341 e. The second-order valence-corrected chi connectivity index (χ2v) is 7.40. The van der Waals surface area contributed by atoms with Crippen LogP contribution in [0.5, 0.6) is 0 Å². The Morgan fingerprint density at radius 3 is 2.86 bits per heavy atom. The number of carbonyl (C=O) groups is 1. The molecule has 0 bridgehead atoms. The fraction of sp³-hybridized carbons (Fsp3) is 0.750. The molecule has 122 valence electrons. The lowest BCUT2D eigenvalue weighted by molar-refractivity contribution is -0.136. The lowest BCUT2D eigenvalue weighted by Gasteiger charge is -2.28. The molecule has 2 aliphatic rings. The largest absolute Gasteiger partial charge is 0.341 e. The first-order chi connectivity index (χ1) is 10.7. The van der Waals surface area contributed by atoms with E-state index in [9.17, 15) is 4.79 Å². The number of aromatic nitrogens is 1. The van der Waals surface area contributed by atoms with Gasteiger partial charge in [0.15, 0.2) is 0 Å². The Hall–Kier alpha value is -0.980. The van der Waals surface area contributed by atoms with Crippen LogP contribution in [-0.2, 0) is 11.3 Å². The molecule has 1 aromatic rings. The number of amides is 1. The molecule has 0 aromatic carbocycles. The minimum absolute atomic E-state index is 0.244. The van der Waals surface area contributed by atoms with E-state index < -0.39 is 0 Å². The summed E-state index contributed by atoms with van der Waals surface area (Å²) in [6.45, 7) is 8.75. The van der Waals surface area contributed by atoms with E-state index in [2.05, 4.69) is 32.4 Å². The number of hydrogen-bond acceptors (Lipinski definition) is 5. The number of aryl methyl sites for hydroxylation is 1. The molecule has 2 aliphatic heterocycles. The summed E-state index contributed by atoms with van der Waals surface area (Å²) in [4.78, 5) is 21.7. The number of hydrogen-bond donors (Lipinski definition) is 1. The van der Waals surface area contributed by atoms with Crippen LogP contribution in [-0.4, -0.2) is 60.0 Å². The molecule has 0 unspecified atom stereocenters. The number of rotatable bonds is 3. The van der Waals surface area contributed by atoms with Gasteiger partial charge in [0.05, 0.1) is 10.7 Å². The molecule has 5 nitrogen and oxygen atoms in total. The van der Waals surface area contributed by atoms with Gasteiger partial charge in [-0.15, -0.1) is 11.3 Å². The third kappa shape index (κ3) is 4.06. The maximum Gasteiger partial charge on any atom is 0.225 e. The molecule has 2 fully saturated rings. The van der Waals surface area contributed by atoms with Crippen LogP contribution in [0.2, 0.25) is 0 Å². The lowest BCUT2D eigenvalue weighted by Crippen LogP contribution is -2.42. The summed E-state index contributed by atoms with van der Waals surface area (Å²) >= 11 is 1.71. The Kier molecular flexibility index (Phi) is 5.44. The molecule has 0 radical (unpaired) electrons. The SMILES string of the molecule is Cc1nc(CN2CCCN(C(=O)C3CCNCC3)CC2)cs1. The Morgan fingerprint density at radius 1 is 1.32 bits per heavy atom. The predicted octanol–water partition coefficient (Wildman–Crippen LogP) is 1.49. The van der Waals surface area contributed by atoms with Crippen molar-refractivity contribution in [1.82, 2.24) is 20.1 Å². The molecule has 22 heavy (non-hydrogen) atoms. The lowest BCUT2D eigenvalue weighted by atomic mass is 9.96. The Morgan fingerprint density at radius 2 is 2.14 bits per heavy atom. The van der Waals surface area contributed by atoms with Crippen molar-refractivity contribution < 1.29 is 4.79 Å². The normalized spacial score (nSPS) is 21.8. The molecule has 3 heterocycles. The summed E-state index contributed by atoms with van der Waals surface area (Å²) in [6.07, 6.45) is 3.06. The molecule has 2 saturated heterocycles. The predicted molar refractivity (Wildman–Crippen MR) is 88.9 cm³/mol. The van der Waals surface area contributed by atoms with Gasteiger partial charge in [-0.2, -0.15) is 0 Å². The molecule has 0 spiro atoms. The van der Waals surface area contributed by atoms with E-state index in [1.807, 2.05) is 0 Å². The molecular weight excluding hydrogens is 296 g/mol. The van der Waals surface area contributed by atoms with Gasteiger partial charge in [-0.25, -0.2) is 4.98 Å². The average Bonchev–Trinajstić information content (AvgIpc) is 2.81. The van der Waals surface area contributed by atoms with Crippen molar-refractivity contribution in [2.24, 2.45) is 5.92 Å². The molecule has 1 amide bonds. The van der Waals surface area contributed by atoms with Crippen molar-refractivity contribution in [2.75, 3.05) is 39.3 Å². The van der Waals surface area contributed by atoms with E-state index in [1.54, 1.807) is 11.3 Å². The first kappa shape index (κ1) is 15.9. The van der Waals surface area contributed by atoms with Crippen molar-refractivity contribution >= 4 is 17.2 Å². The molecule has 0 aliphatic carbocycles. The van der Waals surface area contributed by atoms with Crippen molar-refractivity contribution in [3.8, 4) is 0 Å². The van der Waals surface area contributed by atoms with E-state index in [0.717, 1.165) is 70.1 Å². The van der Waals surface area contributed by atoms with Gasteiger partial charge in [-0.1, -0.05) is 0 Å². The van der Waals surface area contributed by atoms with Crippen LogP contribution >= 0.6 is 11.3 Å². The van der Waals surface area contributed by atoms with Crippen LogP contribution in [0.1, 0.15) is 30.0 Å². The molecular formula is C16H26N4OS. The van der Waals surface area contributed by atoms with Crippen molar-refractivity contribution in [3.63, 3.8) is 0 Å². The van der Waals surface area contributed by atoms with Crippen molar-refractivity contribution in [1.29, 1.82) is 0 Å². The second-order valence-electron chi connectivity index (χ2n) is 6.34. The van der Waals surface area contributed by atoms with Crippen molar-refractivity contribution in [3.05, 3.63) is 16.1 Å². The Balaban J connectivity index is 1.51. The third-order valence-electron chi connectivity index (χ3n) is 4.64. The van der Waals surface area contributed by atoms with Gasteiger partial charge < -0.3 is 10.2 Å². The minimum atomic E-state index is 0.244. The van der Waals surface area contributed by atoms with Gasteiger partial charge in [-0.3, -0.25) is 9.69 Å². The van der Waals surface area contributed by atoms with Crippen LogP contribution in [0.4, 0.5) is 0 Å². The van der Waals surface area contributed by atoms with E-state index in [4.69, 9.17) is 0 Å². The van der Waals surface area contributed by atoms with Crippen LogP contribution in [0, 0.1) is 12.8 Å². The summed E-state index contributed by atoms with van der Waals surface area (Å²) < 4.78 is 0. The zero-order chi connectivity index (χ0) is 15.4. The summed E-state index contributed by atoms with van der Waals surface area (Å²) in [6, 6.07) is 0. The zero-order valence-corrected chi connectivity index (χ0v) is 14.2. The van der Waals surface area contributed by atoms with Crippen LogP contribution in [0.25, 0.3) is 0 Å². The fourth-order valence-electron chi connectivity index (χ4n) is 3.39. The van der Waals surface area contributed by atoms with E-state index in [1.165, 1.54) is 5.69 Å². The number of piperidine rings is 1. The topological polar surface area (TPSA) is 48.5 Å². The smallest absolute Gasteiger partial charge is 0.225 e. The molecule has 6 heteroatoms. The number of nitrogens with zero attached hydrogens (tertiary/aromatic N) is 3. The van der Waals surface area contributed by atoms with Gasteiger partial charge in [0.25, 0.3) is 0 Å². The monoisotopic (exact) mass is 322 g/mol. The second kappa shape index (κ2) is 7.53. The molecule has 1 N–H and O–H groups in total. The van der Waals surface area contributed by atoms with E-state index in [-0.39, 0.29) is 5.92 Å². The summed E-state index contributed by atoms with van der Waals surface area (Å²) in [5.74, 6) is 0.627. The molecule has 1 aromatic heterocycles. The van der Waals surface area contributed by atoms with E-state index >= 15 is 0 Å². The van der Waals surface area contributed by atoms with Gasteiger partial charge in [0, 0.05) is 44.0 Å². The van der Waals surface area contributed by atoms with Gasteiger partial charge in [-0.05, 0) is 39.3 Å². The maximum absolute atomic E-state index is 12.6. The number of thiazole rings is 1. The third-order valence-corrected chi connectivity index (χ3v) is 5.46. The molecule has 0 atom stereocenters. The number of nitrogens with one attached hydrogen (secondary N) is 1. The first-order valence-electron chi connectivity index (χ1n) is 8.35. The Bertz CT molecular complexity index is 498. The highest BCUT2D eigenvalue weighted by Crippen LogP contribution is 2.17. The summed E-state index contributed by atoms with van der Waals surface area (Å²) in [5.41, 5.74) is 1.17. The fourth-order valence-corrected chi connectivity index (χ4v) is 3.99. The molecule has 0 saturated carbocycles. The first-order valence-corrected chi connectivity index (χ1v) is 9.23. The highest BCUT2D eigenvalue weighted by Gasteiger charge is 2.27. The van der Waals surface area contributed by atoms with Crippen LogP contribution in [0.3, 0.4) is 0 Å². The van der Waals surface area contributed by atoms with Crippen LogP contribution in [0.15, 0.2) is 5.38 Å². The summed E-state index contributed by atoms with van der Waals surface area (Å²) in [7, 11) is 0. The zero-order valence-electron chi connectivity index (χ0n) is 13.4.